The third kappa shape index (κ3) is 3.03. The van der Waals surface area contributed by atoms with Crippen molar-refractivity contribution in [2.24, 2.45) is 45.3 Å². The zero-order valence-electron chi connectivity index (χ0n) is 20.2. The molecule has 4 rings (SSSR count). The molecule has 0 saturated heterocycles. The number of hydrogen-bond donors (Lipinski definition) is 0. The van der Waals surface area contributed by atoms with Gasteiger partial charge in [-0.1, -0.05) is 47.1 Å². The van der Waals surface area contributed by atoms with Crippen LogP contribution in [0, 0.1) is 45.3 Å². The number of aldehydes is 2. The summed E-state index contributed by atoms with van der Waals surface area (Å²) in [5.41, 5.74) is 0.619. The molecule has 0 aromatic heterocycles. The van der Waals surface area contributed by atoms with Gasteiger partial charge in [0.15, 0.2) is 0 Å². The summed E-state index contributed by atoms with van der Waals surface area (Å²) < 4.78 is 6.02. The highest BCUT2D eigenvalue weighted by molar-refractivity contribution is 5.82. The Morgan fingerprint density at radius 2 is 1.68 bits per heavy atom. The molecule has 0 aromatic rings. The third-order valence-corrected chi connectivity index (χ3v) is 10.7. The molecule has 0 radical (unpaired) electrons. The van der Waals surface area contributed by atoms with Crippen LogP contribution >= 0.6 is 0 Å². The monoisotopic (exact) mass is 428 g/mol. The van der Waals surface area contributed by atoms with Crippen LogP contribution in [0.5, 0.6) is 0 Å². The first-order valence-corrected chi connectivity index (χ1v) is 12.2. The van der Waals surface area contributed by atoms with E-state index in [0.29, 0.717) is 22.8 Å². The number of carbonyl (C=O) groups excluding carboxylic acids is 3. The van der Waals surface area contributed by atoms with Crippen LogP contribution in [-0.2, 0) is 19.1 Å². The van der Waals surface area contributed by atoms with Crippen molar-refractivity contribution >= 4 is 18.5 Å². The van der Waals surface area contributed by atoms with Crippen LogP contribution in [0.15, 0.2) is 11.6 Å². The first kappa shape index (κ1) is 22.7. The molecule has 0 aliphatic heterocycles. The predicted molar refractivity (Wildman–Crippen MR) is 120 cm³/mol. The molecule has 31 heavy (non-hydrogen) atoms. The van der Waals surface area contributed by atoms with Crippen LogP contribution in [0.3, 0.4) is 0 Å². The van der Waals surface area contributed by atoms with Gasteiger partial charge in [0.2, 0.25) is 0 Å². The van der Waals surface area contributed by atoms with Gasteiger partial charge in [-0.25, -0.2) is 0 Å². The Morgan fingerprint density at radius 3 is 2.29 bits per heavy atom. The van der Waals surface area contributed by atoms with Crippen LogP contribution in [0.4, 0.5) is 0 Å². The minimum atomic E-state index is -0.545. The average molecular weight is 429 g/mol. The van der Waals surface area contributed by atoms with Gasteiger partial charge in [0.25, 0.3) is 0 Å². The van der Waals surface area contributed by atoms with E-state index in [2.05, 4.69) is 34.6 Å². The smallest absolute Gasteiger partial charge is 0.302 e. The minimum absolute atomic E-state index is 0.0657. The number of allylic oxidation sites excluding steroid dienone is 2. The number of hydrogen-bond acceptors (Lipinski definition) is 4. The molecule has 4 nitrogen and oxygen atoms in total. The van der Waals surface area contributed by atoms with Gasteiger partial charge in [-0.3, -0.25) is 9.59 Å². The van der Waals surface area contributed by atoms with Gasteiger partial charge < -0.3 is 9.53 Å². The lowest BCUT2D eigenvalue weighted by Crippen LogP contribution is -2.67. The molecular weight excluding hydrogens is 388 g/mol. The summed E-state index contributed by atoms with van der Waals surface area (Å²) in [5, 5.41) is 0. The van der Waals surface area contributed by atoms with Gasteiger partial charge in [-0.05, 0) is 78.1 Å². The lowest BCUT2D eigenvalue weighted by Gasteiger charge is -2.70. The van der Waals surface area contributed by atoms with Crippen molar-refractivity contribution in [3.05, 3.63) is 11.6 Å². The maximum atomic E-state index is 12.3. The quantitative estimate of drug-likeness (QED) is 0.437. The molecule has 0 bridgehead atoms. The molecule has 0 amide bonds. The molecule has 0 aromatic carbocycles. The van der Waals surface area contributed by atoms with Crippen molar-refractivity contribution < 1.29 is 19.1 Å². The second kappa shape index (κ2) is 7.28. The predicted octanol–water partition coefficient (Wildman–Crippen LogP) is 5.54. The van der Waals surface area contributed by atoms with E-state index in [-0.39, 0.29) is 28.8 Å². The van der Waals surface area contributed by atoms with Gasteiger partial charge >= 0.3 is 5.97 Å². The Bertz CT molecular complexity index is 812. The molecule has 0 unspecified atom stereocenters. The van der Waals surface area contributed by atoms with Crippen LogP contribution in [0.25, 0.3) is 0 Å². The lowest BCUT2D eigenvalue weighted by molar-refractivity contribution is -0.238. The lowest BCUT2D eigenvalue weighted by atomic mass is 9.35. The van der Waals surface area contributed by atoms with Gasteiger partial charge in [-0.15, -0.1) is 0 Å². The van der Waals surface area contributed by atoms with Gasteiger partial charge in [0.1, 0.15) is 18.7 Å². The average Bonchev–Trinajstić information content (AvgIpc) is 2.67. The van der Waals surface area contributed by atoms with Crippen LogP contribution in [0.2, 0.25) is 0 Å². The maximum absolute atomic E-state index is 12.3. The zero-order valence-corrected chi connectivity index (χ0v) is 20.2. The summed E-state index contributed by atoms with van der Waals surface area (Å²) in [5.74, 6) is 0.519. The molecule has 3 saturated carbocycles. The SMILES string of the molecule is CC(=O)O[C@H]1C[C@@H]2[C@@]3(C)CCCC(C)(C)[C@@H]3CC[C@@]2(C)[C@@H]2CC=C(C=O)[C@H](C=O)[C@]12C. The van der Waals surface area contributed by atoms with Crippen LogP contribution in [0.1, 0.15) is 86.5 Å². The fourth-order valence-electron chi connectivity index (χ4n) is 9.45. The van der Waals surface area contributed by atoms with Crippen molar-refractivity contribution in [1.29, 1.82) is 0 Å². The Labute approximate surface area is 187 Å². The summed E-state index contributed by atoms with van der Waals surface area (Å²) in [4.78, 5) is 36.3. The molecular formula is C27H40O4. The second-order valence-electron chi connectivity index (χ2n) is 12.4. The van der Waals surface area contributed by atoms with E-state index in [0.717, 1.165) is 31.8 Å². The first-order chi connectivity index (χ1) is 14.4. The minimum Gasteiger partial charge on any atom is -0.462 e. The van der Waals surface area contributed by atoms with E-state index >= 15 is 0 Å². The van der Waals surface area contributed by atoms with E-state index in [9.17, 15) is 14.4 Å². The Balaban J connectivity index is 1.85. The van der Waals surface area contributed by atoms with E-state index < -0.39 is 11.3 Å². The van der Waals surface area contributed by atoms with E-state index in [1.165, 1.54) is 32.6 Å². The van der Waals surface area contributed by atoms with Gasteiger partial charge in [0, 0.05) is 12.3 Å². The highest BCUT2D eigenvalue weighted by Crippen LogP contribution is 2.73. The fourth-order valence-corrected chi connectivity index (χ4v) is 9.45. The summed E-state index contributed by atoms with van der Waals surface area (Å²) in [7, 11) is 0. The summed E-state index contributed by atoms with van der Waals surface area (Å²) in [6.07, 6.45) is 11.1. The Hall–Kier alpha value is -1.45. The molecule has 0 N–H and O–H groups in total. The number of carbonyl (C=O) groups is 3. The van der Waals surface area contributed by atoms with Crippen LogP contribution in [-0.4, -0.2) is 24.6 Å². The normalized spacial score (nSPS) is 48.3. The Morgan fingerprint density at radius 1 is 1.00 bits per heavy atom. The number of fused-ring (bicyclic) bond motifs is 5. The van der Waals surface area contributed by atoms with E-state index in [4.69, 9.17) is 4.74 Å². The van der Waals surface area contributed by atoms with Crippen molar-refractivity contribution in [3.63, 3.8) is 0 Å². The number of ether oxygens (including phenoxy) is 1. The van der Waals surface area contributed by atoms with Gasteiger partial charge in [0.05, 0.1) is 5.92 Å². The molecule has 172 valence electrons. The van der Waals surface area contributed by atoms with E-state index in [1.807, 2.05) is 6.08 Å². The molecule has 0 heterocycles. The van der Waals surface area contributed by atoms with Crippen molar-refractivity contribution in [2.75, 3.05) is 0 Å². The number of esters is 1. The first-order valence-electron chi connectivity index (χ1n) is 12.2. The molecule has 3 fully saturated rings. The number of rotatable bonds is 3. The zero-order chi connectivity index (χ0) is 22.8. The highest BCUT2D eigenvalue weighted by atomic mass is 16.5. The third-order valence-electron chi connectivity index (χ3n) is 10.7. The van der Waals surface area contributed by atoms with Crippen molar-refractivity contribution in [1.82, 2.24) is 0 Å². The summed E-state index contributed by atoms with van der Waals surface area (Å²) >= 11 is 0. The molecule has 4 heteroatoms. The summed E-state index contributed by atoms with van der Waals surface area (Å²) in [6, 6.07) is 0. The summed E-state index contributed by atoms with van der Waals surface area (Å²) in [6.45, 7) is 13.4. The molecule has 8 atom stereocenters. The molecule has 4 aliphatic rings. The van der Waals surface area contributed by atoms with E-state index in [1.54, 1.807) is 0 Å². The second-order valence-corrected chi connectivity index (χ2v) is 12.4. The fraction of sp³-hybridized carbons (Fsp3) is 0.815. The standard InChI is InChI=1S/C27H40O4/c1-17(30)31-23-14-22-25(4)12-7-11-24(2,3)20(25)10-13-26(22,5)21-9-8-18(15-28)19(16-29)27(21,23)6/h8,15-16,19-23H,7,9-14H2,1-6H3/t19-,20-,21-,22+,23-,25-,26-,27-/m0/s1. The topological polar surface area (TPSA) is 60.4 Å². The molecule has 0 spiro atoms. The van der Waals surface area contributed by atoms with Gasteiger partial charge in [-0.2, -0.15) is 0 Å². The maximum Gasteiger partial charge on any atom is 0.302 e. The largest absolute Gasteiger partial charge is 0.462 e. The van der Waals surface area contributed by atoms with Crippen molar-refractivity contribution in [3.8, 4) is 0 Å². The molecule has 4 aliphatic carbocycles. The van der Waals surface area contributed by atoms with Crippen molar-refractivity contribution in [2.45, 2.75) is 92.6 Å². The van der Waals surface area contributed by atoms with Crippen LogP contribution < -0.4 is 0 Å². The highest BCUT2D eigenvalue weighted by Gasteiger charge is 2.68. The Kier molecular flexibility index (Phi) is 5.34.